The summed E-state index contributed by atoms with van der Waals surface area (Å²) in [4.78, 5) is 0. The molecule has 70 valence electrons. The van der Waals surface area contributed by atoms with E-state index in [0.29, 0.717) is 5.92 Å². The summed E-state index contributed by atoms with van der Waals surface area (Å²) >= 11 is 0. The zero-order valence-corrected chi connectivity index (χ0v) is 7.76. The van der Waals surface area contributed by atoms with Gasteiger partial charge in [-0.05, 0) is 24.9 Å². The molecule has 0 amide bonds. The average molecular weight is 179 g/mol. The van der Waals surface area contributed by atoms with Crippen molar-refractivity contribution in [1.82, 2.24) is 5.32 Å². The molecular weight excluding hydrogens is 165 g/mol. The molecule has 1 nitrogen and oxygen atoms in total. The molecule has 2 atom stereocenters. The molecule has 2 heteroatoms. The molecule has 1 N–H and O–H groups in total. The second-order valence-electron chi connectivity index (χ2n) is 3.82. The lowest BCUT2D eigenvalue weighted by Crippen LogP contribution is -2.14. The molecule has 0 aliphatic carbocycles. The predicted octanol–water partition coefficient (Wildman–Crippen LogP) is 2.50. The molecule has 0 aromatic heterocycles. The van der Waals surface area contributed by atoms with Crippen LogP contribution in [-0.2, 0) is 0 Å². The van der Waals surface area contributed by atoms with Crippen LogP contribution >= 0.6 is 0 Å². The van der Waals surface area contributed by atoms with Gasteiger partial charge in [-0.1, -0.05) is 25.1 Å². The molecule has 1 heterocycles. The molecule has 0 bridgehead atoms. The highest BCUT2D eigenvalue weighted by molar-refractivity contribution is 5.22. The van der Waals surface area contributed by atoms with Crippen molar-refractivity contribution in [3.05, 3.63) is 35.6 Å². The van der Waals surface area contributed by atoms with E-state index in [9.17, 15) is 4.39 Å². The van der Waals surface area contributed by atoms with Gasteiger partial charge in [0.05, 0.1) is 0 Å². The molecule has 2 rings (SSSR count). The van der Waals surface area contributed by atoms with Crippen LogP contribution in [0.5, 0.6) is 0 Å². The number of nitrogens with one attached hydrogen (secondary N) is 1. The second-order valence-corrected chi connectivity index (χ2v) is 3.82. The van der Waals surface area contributed by atoms with E-state index in [0.717, 1.165) is 18.5 Å². The van der Waals surface area contributed by atoms with Crippen LogP contribution < -0.4 is 5.32 Å². The van der Waals surface area contributed by atoms with Gasteiger partial charge in [-0.15, -0.1) is 0 Å². The number of halogens is 1. The second kappa shape index (κ2) is 3.46. The third-order valence-corrected chi connectivity index (χ3v) is 2.63. The van der Waals surface area contributed by atoms with Crippen molar-refractivity contribution in [2.45, 2.75) is 19.4 Å². The molecule has 1 aliphatic heterocycles. The molecular formula is C11H14FN. The predicted molar refractivity (Wildman–Crippen MR) is 50.9 cm³/mol. The fourth-order valence-electron chi connectivity index (χ4n) is 1.91. The van der Waals surface area contributed by atoms with Crippen molar-refractivity contribution < 1.29 is 4.39 Å². The molecule has 1 aromatic rings. The Bertz CT molecular complexity index is 298. The number of hydrogen-bond acceptors (Lipinski definition) is 1. The van der Waals surface area contributed by atoms with Crippen molar-refractivity contribution in [1.29, 1.82) is 0 Å². The smallest absolute Gasteiger partial charge is 0.127 e. The molecule has 1 saturated heterocycles. The summed E-state index contributed by atoms with van der Waals surface area (Å²) in [7, 11) is 0. The molecule has 1 fully saturated rings. The van der Waals surface area contributed by atoms with Gasteiger partial charge in [0.25, 0.3) is 0 Å². The Hall–Kier alpha value is -0.890. The van der Waals surface area contributed by atoms with Gasteiger partial charge >= 0.3 is 0 Å². The molecule has 0 unspecified atom stereocenters. The van der Waals surface area contributed by atoms with Crippen molar-refractivity contribution in [3.63, 3.8) is 0 Å². The number of hydrogen-bond donors (Lipinski definition) is 1. The Kier molecular flexibility index (Phi) is 2.32. The minimum Gasteiger partial charge on any atom is -0.310 e. The highest BCUT2D eigenvalue weighted by atomic mass is 19.1. The van der Waals surface area contributed by atoms with Crippen molar-refractivity contribution >= 4 is 0 Å². The van der Waals surface area contributed by atoms with Crippen LogP contribution in [0.25, 0.3) is 0 Å². The third kappa shape index (κ3) is 1.73. The van der Waals surface area contributed by atoms with Gasteiger partial charge in [-0.2, -0.15) is 0 Å². The summed E-state index contributed by atoms with van der Waals surface area (Å²) in [6, 6.07) is 7.24. The molecule has 1 aliphatic rings. The first-order valence-corrected chi connectivity index (χ1v) is 4.75. The van der Waals surface area contributed by atoms with E-state index in [1.807, 2.05) is 12.1 Å². The molecule has 13 heavy (non-hydrogen) atoms. The lowest BCUT2D eigenvalue weighted by molar-refractivity contribution is 0.550. The first-order chi connectivity index (χ1) is 6.27. The largest absolute Gasteiger partial charge is 0.310 e. The maximum atomic E-state index is 13.3. The van der Waals surface area contributed by atoms with Crippen molar-refractivity contribution in [3.8, 4) is 0 Å². The van der Waals surface area contributed by atoms with Gasteiger partial charge in [0, 0.05) is 11.6 Å². The van der Waals surface area contributed by atoms with Crippen LogP contribution in [-0.4, -0.2) is 6.54 Å². The van der Waals surface area contributed by atoms with Crippen LogP contribution in [0.15, 0.2) is 24.3 Å². The van der Waals surface area contributed by atoms with Crippen LogP contribution in [0.4, 0.5) is 4.39 Å². The Morgan fingerprint density at radius 2 is 2.15 bits per heavy atom. The summed E-state index contributed by atoms with van der Waals surface area (Å²) in [6.45, 7) is 3.19. The third-order valence-electron chi connectivity index (χ3n) is 2.63. The van der Waals surface area contributed by atoms with Crippen LogP contribution in [0, 0.1) is 11.7 Å². The maximum absolute atomic E-state index is 13.3. The SMILES string of the molecule is C[C@@H]1CN[C@@H](c2ccccc2F)C1. The Morgan fingerprint density at radius 1 is 1.38 bits per heavy atom. The van der Waals surface area contributed by atoms with Gasteiger partial charge in [0.2, 0.25) is 0 Å². The van der Waals surface area contributed by atoms with E-state index in [2.05, 4.69) is 12.2 Å². The average Bonchev–Trinajstić information content (AvgIpc) is 2.53. The normalized spacial score (nSPS) is 27.8. The Balaban J connectivity index is 2.21. The zero-order chi connectivity index (χ0) is 9.26. The minimum absolute atomic E-state index is 0.0888. The minimum atomic E-state index is -0.0888. The van der Waals surface area contributed by atoms with Crippen LogP contribution in [0.1, 0.15) is 24.9 Å². The van der Waals surface area contributed by atoms with Crippen molar-refractivity contribution in [2.75, 3.05) is 6.54 Å². The summed E-state index contributed by atoms with van der Waals surface area (Å²) < 4.78 is 13.3. The topological polar surface area (TPSA) is 12.0 Å². The zero-order valence-electron chi connectivity index (χ0n) is 7.76. The van der Waals surface area contributed by atoms with E-state index in [1.54, 1.807) is 6.07 Å². The van der Waals surface area contributed by atoms with Crippen LogP contribution in [0.2, 0.25) is 0 Å². The fourth-order valence-corrected chi connectivity index (χ4v) is 1.91. The van der Waals surface area contributed by atoms with E-state index in [-0.39, 0.29) is 11.9 Å². The Morgan fingerprint density at radius 3 is 2.77 bits per heavy atom. The molecule has 0 saturated carbocycles. The molecule has 0 spiro atoms. The van der Waals surface area contributed by atoms with Gasteiger partial charge < -0.3 is 5.32 Å². The molecule has 0 radical (unpaired) electrons. The lowest BCUT2D eigenvalue weighted by atomic mass is 10.0. The standard InChI is InChI=1S/C11H14FN/c1-8-6-11(13-7-8)9-4-2-3-5-10(9)12/h2-5,8,11,13H,6-7H2,1H3/t8-,11+/m0/s1. The lowest BCUT2D eigenvalue weighted by Gasteiger charge is -2.10. The number of benzene rings is 1. The summed E-state index contributed by atoms with van der Waals surface area (Å²) in [6.07, 6.45) is 1.04. The monoisotopic (exact) mass is 179 g/mol. The molecule has 1 aromatic carbocycles. The van der Waals surface area contributed by atoms with Crippen molar-refractivity contribution in [2.24, 2.45) is 5.92 Å². The van der Waals surface area contributed by atoms with Gasteiger partial charge in [-0.25, -0.2) is 4.39 Å². The summed E-state index contributed by atoms with van der Waals surface area (Å²) in [5.74, 6) is 0.568. The van der Waals surface area contributed by atoms with Crippen LogP contribution in [0.3, 0.4) is 0 Å². The van der Waals surface area contributed by atoms with E-state index < -0.39 is 0 Å². The van der Waals surface area contributed by atoms with Gasteiger partial charge in [0.1, 0.15) is 5.82 Å². The summed E-state index contributed by atoms with van der Waals surface area (Å²) in [5, 5.41) is 3.32. The quantitative estimate of drug-likeness (QED) is 0.698. The number of rotatable bonds is 1. The summed E-state index contributed by atoms with van der Waals surface area (Å²) in [5.41, 5.74) is 0.812. The maximum Gasteiger partial charge on any atom is 0.127 e. The van der Waals surface area contributed by atoms with Gasteiger partial charge in [0.15, 0.2) is 0 Å². The van der Waals surface area contributed by atoms with E-state index in [4.69, 9.17) is 0 Å². The fraction of sp³-hybridized carbons (Fsp3) is 0.455. The van der Waals surface area contributed by atoms with E-state index in [1.165, 1.54) is 6.07 Å². The first-order valence-electron chi connectivity index (χ1n) is 4.75. The van der Waals surface area contributed by atoms with Gasteiger partial charge in [-0.3, -0.25) is 0 Å². The Labute approximate surface area is 78.0 Å². The highest BCUT2D eigenvalue weighted by Crippen LogP contribution is 2.27. The first kappa shape index (κ1) is 8.70. The van der Waals surface area contributed by atoms with E-state index >= 15 is 0 Å². The highest BCUT2D eigenvalue weighted by Gasteiger charge is 2.23.